The van der Waals surface area contributed by atoms with Crippen molar-refractivity contribution in [3.63, 3.8) is 0 Å². The quantitative estimate of drug-likeness (QED) is 0.786. The standard InChI is InChI=1S/C11H10FN3O2/c12-7-1-2-8-10(17-4-3-16-8)9(7)6-5-14-15-11(6)13/h1-2,5H,3-4H2,(H3,13,14,15). The van der Waals surface area contributed by atoms with Crippen molar-refractivity contribution in [3.8, 4) is 22.6 Å². The number of anilines is 1. The van der Waals surface area contributed by atoms with E-state index in [2.05, 4.69) is 10.2 Å². The van der Waals surface area contributed by atoms with Crippen molar-refractivity contribution in [2.24, 2.45) is 0 Å². The molecular weight excluding hydrogens is 225 g/mol. The predicted octanol–water partition coefficient (Wildman–Crippen LogP) is 1.57. The summed E-state index contributed by atoms with van der Waals surface area (Å²) in [5.41, 5.74) is 6.46. The van der Waals surface area contributed by atoms with Crippen LogP contribution in [0.15, 0.2) is 18.3 Å². The van der Waals surface area contributed by atoms with Crippen molar-refractivity contribution in [1.29, 1.82) is 0 Å². The molecule has 1 aliphatic rings. The smallest absolute Gasteiger partial charge is 0.172 e. The highest BCUT2D eigenvalue weighted by atomic mass is 19.1. The van der Waals surface area contributed by atoms with Crippen LogP contribution in [0.4, 0.5) is 10.2 Å². The van der Waals surface area contributed by atoms with Gasteiger partial charge in [0.1, 0.15) is 24.8 Å². The van der Waals surface area contributed by atoms with Crippen LogP contribution in [0, 0.1) is 5.82 Å². The molecule has 0 unspecified atom stereocenters. The summed E-state index contributed by atoms with van der Waals surface area (Å²) in [6, 6.07) is 2.87. The number of H-pyrrole nitrogens is 1. The average Bonchev–Trinajstić information content (AvgIpc) is 2.75. The lowest BCUT2D eigenvalue weighted by Crippen LogP contribution is -2.16. The number of nitrogens with zero attached hydrogens (tertiary/aromatic N) is 1. The Kier molecular flexibility index (Phi) is 2.14. The van der Waals surface area contributed by atoms with Crippen LogP contribution in [0.5, 0.6) is 11.5 Å². The number of hydrogen-bond donors (Lipinski definition) is 2. The monoisotopic (exact) mass is 235 g/mol. The van der Waals surface area contributed by atoms with Gasteiger partial charge in [-0.15, -0.1) is 0 Å². The fraction of sp³-hybridized carbons (Fsp3) is 0.182. The molecule has 17 heavy (non-hydrogen) atoms. The Balaban J connectivity index is 2.25. The van der Waals surface area contributed by atoms with Gasteiger partial charge in [-0.3, -0.25) is 5.10 Å². The van der Waals surface area contributed by atoms with Gasteiger partial charge in [0.2, 0.25) is 0 Å². The van der Waals surface area contributed by atoms with Crippen LogP contribution in [-0.2, 0) is 0 Å². The van der Waals surface area contributed by atoms with Crippen LogP contribution < -0.4 is 15.2 Å². The number of halogens is 1. The Morgan fingerprint density at radius 2 is 2.12 bits per heavy atom. The highest BCUT2D eigenvalue weighted by Gasteiger charge is 2.22. The fourth-order valence-electron chi connectivity index (χ4n) is 1.84. The van der Waals surface area contributed by atoms with Gasteiger partial charge in [-0.2, -0.15) is 5.10 Å². The molecule has 5 nitrogen and oxygen atoms in total. The lowest BCUT2D eigenvalue weighted by molar-refractivity contribution is 0.171. The second-order valence-corrected chi connectivity index (χ2v) is 3.64. The molecule has 0 atom stereocenters. The number of aromatic nitrogens is 2. The van der Waals surface area contributed by atoms with Crippen LogP contribution in [-0.4, -0.2) is 23.4 Å². The van der Waals surface area contributed by atoms with E-state index in [1.165, 1.54) is 12.3 Å². The molecule has 1 aromatic carbocycles. The summed E-state index contributed by atoms with van der Waals surface area (Å²) in [6.07, 6.45) is 1.46. The van der Waals surface area contributed by atoms with Crippen LogP contribution in [0.1, 0.15) is 0 Å². The van der Waals surface area contributed by atoms with E-state index in [1.54, 1.807) is 6.07 Å². The SMILES string of the molecule is Nc1[nH]ncc1-c1c(F)ccc2c1OCCO2. The number of nitrogen functional groups attached to an aromatic ring is 1. The van der Waals surface area contributed by atoms with E-state index in [4.69, 9.17) is 15.2 Å². The van der Waals surface area contributed by atoms with E-state index in [0.717, 1.165) is 0 Å². The first-order valence-electron chi connectivity index (χ1n) is 5.14. The summed E-state index contributed by atoms with van der Waals surface area (Å²) >= 11 is 0. The van der Waals surface area contributed by atoms with Crippen LogP contribution in [0.3, 0.4) is 0 Å². The number of fused-ring (bicyclic) bond motifs is 1. The largest absolute Gasteiger partial charge is 0.486 e. The second-order valence-electron chi connectivity index (χ2n) is 3.64. The summed E-state index contributed by atoms with van der Waals surface area (Å²) in [6.45, 7) is 0.847. The molecule has 3 rings (SSSR count). The van der Waals surface area contributed by atoms with Gasteiger partial charge < -0.3 is 15.2 Å². The summed E-state index contributed by atoms with van der Waals surface area (Å²) in [4.78, 5) is 0. The number of hydrogen-bond acceptors (Lipinski definition) is 4. The second kappa shape index (κ2) is 3.65. The summed E-state index contributed by atoms with van der Waals surface area (Å²) < 4.78 is 24.7. The van der Waals surface area contributed by atoms with Crippen molar-refractivity contribution >= 4 is 5.82 Å². The number of nitrogens with one attached hydrogen (secondary N) is 1. The minimum absolute atomic E-state index is 0.286. The zero-order chi connectivity index (χ0) is 11.8. The minimum Gasteiger partial charge on any atom is -0.486 e. The van der Waals surface area contributed by atoms with E-state index in [0.29, 0.717) is 36.1 Å². The Morgan fingerprint density at radius 1 is 1.29 bits per heavy atom. The van der Waals surface area contributed by atoms with Gasteiger partial charge in [-0.1, -0.05) is 0 Å². The zero-order valence-electron chi connectivity index (χ0n) is 8.87. The summed E-state index contributed by atoms with van der Waals surface area (Å²) in [7, 11) is 0. The van der Waals surface area contributed by atoms with Crippen molar-refractivity contribution in [2.75, 3.05) is 18.9 Å². The maximum atomic E-state index is 13.9. The number of benzene rings is 1. The molecule has 0 saturated heterocycles. The molecule has 2 heterocycles. The van der Waals surface area contributed by atoms with Crippen molar-refractivity contribution < 1.29 is 13.9 Å². The maximum absolute atomic E-state index is 13.9. The first-order valence-corrected chi connectivity index (χ1v) is 5.14. The normalized spacial score (nSPS) is 13.7. The molecule has 6 heteroatoms. The van der Waals surface area contributed by atoms with Gasteiger partial charge in [-0.05, 0) is 12.1 Å². The van der Waals surface area contributed by atoms with E-state index < -0.39 is 5.82 Å². The predicted molar refractivity (Wildman–Crippen MR) is 59.4 cm³/mol. The first kappa shape index (κ1) is 9.95. The number of nitrogens with two attached hydrogens (primary N) is 1. The van der Waals surface area contributed by atoms with Crippen molar-refractivity contribution in [3.05, 3.63) is 24.1 Å². The van der Waals surface area contributed by atoms with E-state index >= 15 is 0 Å². The van der Waals surface area contributed by atoms with Crippen molar-refractivity contribution in [2.45, 2.75) is 0 Å². The maximum Gasteiger partial charge on any atom is 0.172 e. The molecular formula is C11H10FN3O2. The lowest BCUT2D eigenvalue weighted by atomic mass is 10.1. The van der Waals surface area contributed by atoms with E-state index in [1.807, 2.05) is 0 Å². The topological polar surface area (TPSA) is 73.2 Å². The molecule has 0 bridgehead atoms. The van der Waals surface area contributed by atoms with Gasteiger partial charge >= 0.3 is 0 Å². The molecule has 0 amide bonds. The molecule has 0 saturated carbocycles. The average molecular weight is 235 g/mol. The molecule has 0 fully saturated rings. The third-order valence-electron chi connectivity index (χ3n) is 2.60. The third-order valence-corrected chi connectivity index (χ3v) is 2.60. The van der Waals surface area contributed by atoms with Crippen LogP contribution in [0.2, 0.25) is 0 Å². The Labute approximate surface area is 96.3 Å². The summed E-state index contributed by atoms with van der Waals surface area (Å²) in [5, 5.41) is 6.34. The van der Waals surface area contributed by atoms with Gasteiger partial charge in [0.05, 0.1) is 17.3 Å². The number of ether oxygens (including phenoxy) is 2. The van der Waals surface area contributed by atoms with Crippen LogP contribution in [0.25, 0.3) is 11.1 Å². The number of aromatic amines is 1. The molecule has 1 aromatic heterocycles. The molecule has 0 spiro atoms. The highest BCUT2D eigenvalue weighted by molar-refractivity contribution is 5.80. The summed E-state index contributed by atoms with van der Waals surface area (Å²) in [5.74, 6) is 0.784. The Bertz CT molecular complexity index is 568. The van der Waals surface area contributed by atoms with Gasteiger partial charge in [0.25, 0.3) is 0 Å². The zero-order valence-corrected chi connectivity index (χ0v) is 8.87. The molecule has 0 radical (unpaired) electrons. The Hall–Kier alpha value is -2.24. The van der Waals surface area contributed by atoms with Crippen LogP contribution >= 0.6 is 0 Å². The number of rotatable bonds is 1. The minimum atomic E-state index is -0.414. The molecule has 2 aromatic rings. The van der Waals surface area contributed by atoms with Crippen molar-refractivity contribution in [1.82, 2.24) is 10.2 Å². The lowest BCUT2D eigenvalue weighted by Gasteiger charge is -2.21. The van der Waals surface area contributed by atoms with Gasteiger partial charge in [0, 0.05) is 0 Å². The van der Waals surface area contributed by atoms with Gasteiger partial charge in [-0.25, -0.2) is 4.39 Å². The first-order chi connectivity index (χ1) is 8.27. The fourth-order valence-corrected chi connectivity index (χ4v) is 1.84. The third kappa shape index (κ3) is 1.49. The molecule has 0 aliphatic carbocycles. The van der Waals surface area contributed by atoms with E-state index in [-0.39, 0.29) is 5.56 Å². The molecule has 88 valence electrons. The van der Waals surface area contributed by atoms with Gasteiger partial charge in [0.15, 0.2) is 11.5 Å². The van der Waals surface area contributed by atoms with E-state index in [9.17, 15) is 4.39 Å². The molecule has 3 N–H and O–H groups in total. The highest BCUT2D eigenvalue weighted by Crippen LogP contribution is 2.42. The molecule has 1 aliphatic heterocycles. The Morgan fingerprint density at radius 3 is 2.88 bits per heavy atom.